The number of ether oxygens (including phenoxy) is 1. The lowest BCUT2D eigenvalue weighted by Crippen LogP contribution is -2.34. The summed E-state index contributed by atoms with van der Waals surface area (Å²) < 4.78 is 5.69. The fraction of sp³-hybridized carbons (Fsp3) is 0.0476. The highest BCUT2D eigenvalue weighted by Crippen LogP contribution is 2.28. The van der Waals surface area contributed by atoms with Crippen LogP contribution in [0.1, 0.15) is 15.9 Å². The molecule has 3 rings (SSSR count). The summed E-state index contributed by atoms with van der Waals surface area (Å²) in [5.41, 5.74) is 1.54. The van der Waals surface area contributed by atoms with Gasteiger partial charge in [0.1, 0.15) is 12.4 Å². The number of hydrogen-bond acceptors (Lipinski definition) is 3. The van der Waals surface area contributed by atoms with Gasteiger partial charge in [-0.05, 0) is 48.0 Å². The Hall–Kier alpha value is -2.73. The van der Waals surface area contributed by atoms with Crippen LogP contribution in [-0.4, -0.2) is 11.9 Å². The number of hydrogen-bond donors (Lipinski definition) is 2. The van der Waals surface area contributed by atoms with E-state index >= 15 is 0 Å². The molecule has 148 valence electrons. The van der Waals surface area contributed by atoms with Crippen LogP contribution in [0.2, 0.25) is 15.1 Å². The SMILES string of the molecule is O=C(NC(=O)c1ccccc1Cl)Nc1ccc(OCc2ccc(Cl)cc2)c(Cl)c1. The molecule has 0 aliphatic heterocycles. The first kappa shape index (κ1) is 21.0. The van der Waals surface area contributed by atoms with E-state index in [1.165, 1.54) is 12.1 Å². The minimum atomic E-state index is -0.708. The van der Waals surface area contributed by atoms with E-state index in [9.17, 15) is 9.59 Å². The highest BCUT2D eigenvalue weighted by molar-refractivity contribution is 6.34. The molecule has 3 amide bonds. The molecule has 0 saturated carbocycles. The summed E-state index contributed by atoms with van der Waals surface area (Å²) >= 11 is 18.0. The second kappa shape index (κ2) is 9.65. The highest BCUT2D eigenvalue weighted by Gasteiger charge is 2.14. The molecule has 0 bridgehead atoms. The van der Waals surface area contributed by atoms with Crippen molar-refractivity contribution in [3.05, 3.63) is 92.9 Å². The fourth-order valence-corrected chi connectivity index (χ4v) is 3.00. The van der Waals surface area contributed by atoms with Crippen molar-refractivity contribution in [1.82, 2.24) is 5.32 Å². The first-order valence-electron chi connectivity index (χ1n) is 8.46. The molecule has 0 spiro atoms. The van der Waals surface area contributed by atoms with Gasteiger partial charge in [-0.3, -0.25) is 10.1 Å². The molecule has 8 heteroatoms. The summed E-state index contributed by atoms with van der Waals surface area (Å²) in [6, 6.07) is 17.8. The van der Waals surface area contributed by atoms with E-state index in [1.807, 2.05) is 12.1 Å². The van der Waals surface area contributed by atoms with Gasteiger partial charge in [0, 0.05) is 10.7 Å². The van der Waals surface area contributed by atoms with Gasteiger partial charge in [0.25, 0.3) is 5.91 Å². The van der Waals surface area contributed by atoms with Crippen LogP contribution in [0.3, 0.4) is 0 Å². The largest absolute Gasteiger partial charge is 0.487 e. The first-order chi connectivity index (χ1) is 13.9. The number of rotatable bonds is 5. The molecule has 5 nitrogen and oxygen atoms in total. The van der Waals surface area contributed by atoms with Gasteiger partial charge in [0.15, 0.2) is 0 Å². The molecule has 29 heavy (non-hydrogen) atoms. The Labute approximate surface area is 182 Å². The maximum atomic E-state index is 12.1. The number of anilines is 1. The van der Waals surface area contributed by atoms with E-state index in [4.69, 9.17) is 39.5 Å². The van der Waals surface area contributed by atoms with Crippen molar-refractivity contribution in [2.75, 3.05) is 5.32 Å². The second-order valence-electron chi connectivity index (χ2n) is 5.95. The predicted molar refractivity (Wildman–Crippen MR) is 115 cm³/mol. The number of halogens is 3. The molecule has 0 aliphatic rings. The van der Waals surface area contributed by atoms with Crippen molar-refractivity contribution in [1.29, 1.82) is 0 Å². The molecular weight excluding hydrogens is 435 g/mol. The maximum Gasteiger partial charge on any atom is 0.326 e. The van der Waals surface area contributed by atoms with Crippen LogP contribution in [0.15, 0.2) is 66.7 Å². The van der Waals surface area contributed by atoms with Gasteiger partial charge in [0.2, 0.25) is 0 Å². The van der Waals surface area contributed by atoms with Gasteiger partial charge in [0.05, 0.1) is 15.6 Å². The van der Waals surface area contributed by atoms with Crippen molar-refractivity contribution in [2.45, 2.75) is 6.61 Å². The first-order valence-corrected chi connectivity index (χ1v) is 9.59. The summed E-state index contributed by atoms with van der Waals surface area (Å²) in [4.78, 5) is 24.2. The number of urea groups is 1. The average Bonchev–Trinajstić information content (AvgIpc) is 2.69. The highest BCUT2D eigenvalue weighted by atomic mass is 35.5. The Balaban J connectivity index is 1.58. The van der Waals surface area contributed by atoms with E-state index in [0.29, 0.717) is 28.1 Å². The Kier molecular flexibility index (Phi) is 6.99. The van der Waals surface area contributed by atoms with E-state index in [0.717, 1.165) is 5.56 Å². The molecule has 0 atom stereocenters. The molecule has 0 aliphatic carbocycles. The lowest BCUT2D eigenvalue weighted by Gasteiger charge is -2.11. The summed E-state index contributed by atoms with van der Waals surface area (Å²) in [7, 11) is 0. The zero-order valence-electron chi connectivity index (χ0n) is 14.9. The van der Waals surface area contributed by atoms with Gasteiger partial charge in [-0.2, -0.15) is 0 Å². The number of carbonyl (C=O) groups is 2. The van der Waals surface area contributed by atoms with Crippen LogP contribution in [0, 0.1) is 0 Å². The predicted octanol–water partition coefficient (Wildman–Crippen LogP) is 6.19. The molecule has 0 fully saturated rings. The second-order valence-corrected chi connectivity index (χ2v) is 7.20. The van der Waals surface area contributed by atoms with Gasteiger partial charge in [-0.15, -0.1) is 0 Å². The molecule has 0 radical (unpaired) electrons. The lowest BCUT2D eigenvalue weighted by molar-refractivity contribution is 0.0967. The molecule has 0 aromatic heterocycles. The van der Waals surface area contributed by atoms with Crippen molar-refractivity contribution < 1.29 is 14.3 Å². The summed E-state index contributed by atoms with van der Waals surface area (Å²) in [6.45, 7) is 0.316. The number of benzene rings is 3. The number of imide groups is 1. The van der Waals surface area contributed by atoms with E-state index in [-0.39, 0.29) is 10.6 Å². The Bertz CT molecular complexity index is 1040. The van der Waals surface area contributed by atoms with Gasteiger partial charge in [-0.25, -0.2) is 4.79 Å². The minimum Gasteiger partial charge on any atom is -0.487 e. The van der Waals surface area contributed by atoms with Crippen molar-refractivity contribution in [3.8, 4) is 5.75 Å². The summed E-state index contributed by atoms with van der Waals surface area (Å²) in [5.74, 6) is -0.151. The normalized spacial score (nSPS) is 10.3. The molecule has 3 aromatic rings. The molecule has 0 saturated heterocycles. The topological polar surface area (TPSA) is 67.4 Å². The lowest BCUT2D eigenvalue weighted by atomic mass is 10.2. The van der Waals surface area contributed by atoms with Crippen LogP contribution < -0.4 is 15.4 Å². The van der Waals surface area contributed by atoms with Gasteiger partial charge >= 0.3 is 6.03 Å². The van der Waals surface area contributed by atoms with Gasteiger partial charge < -0.3 is 10.1 Å². The van der Waals surface area contributed by atoms with Crippen LogP contribution in [-0.2, 0) is 6.61 Å². The molecule has 2 N–H and O–H groups in total. The maximum absolute atomic E-state index is 12.1. The number of nitrogens with one attached hydrogen (secondary N) is 2. The molecule has 0 unspecified atom stereocenters. The number of amides is 3. The van der Waals surface area contributed by atoms with Crippen molar-refractivity contribution >= 4 is 52.4 Å². The van der Waals surface area contributed by atoms with Crippen LogP contribution in [0.4, 0.5) is 10.5 Å². The van der Waals surface area contributed by atoms with E-state index in [1.54, 1.807) is 42.5 Å². The monoisotopic (exact) mass is 448 g/mol. The quantitative estimate of drug-likeness (QED) is 0.488. The smallest absolute Gasteiger partial charge is 0.326 e. The standard InChI is InChI=1S/C21H15Cl3N2O3/c22-14-7-5-13(6-8-14)12-29-19-10-9-15(11-18(19)24)25-21(28)26-20(27)16-3-1-2-4-17(16)23/h1-11H,12H2,(H2,25,26,27,28). The average molecular weight is 450 g/mol. The third-order valence-electron chi connectivity index (χ3n) is 3.84. The van der Waals surface area contributed by atoms with Crippen LogP contribution >= 0.6 is 34.8 Å². The third kappa shape index (κ3) is 5.87. The van der Waals surface area contributed by atoms with E-state index < -0.39 is 11.9 Å². The minimum absolute atomic E-state index is 0.202. The third-order valence-corrected chi connectivity index (χ3v) is 4.72. The fourth-order valence-electron chi connectivity index (χ4n) is 2.42. The zero-order chi connectivity index (χ0) is 20.8. The van der Waals surface area contributed by atoms with Crippen molar-refractivity contribution in [2.24, 2.45) is 0 Å². The molecule has 3 aromatic carbocycles. The Morgan fingerprint density at radius 2 is 1.59 bits per heavy atom. The Morgan fingerprint density at radius 3 is 2.28 bits per heavy atom. The Morgan fingerprint density at radius 1 is 0.862 bits per heavy atom. The van der Waals surface area contributed by atoms with Crippen LogP contribution in [0.5, 0.6) is 5.75 Å². The zero-order valence-corrected chi connectivity index (χ0v) is 17.2. The van der Waals surface area contributed by atoms with Crippen LogP contribution in [0.25, 0.3) is 0 Å². The molecule has 0 heterocycles. The van der Waals surface area contributed by atoms with Gasteiger partial charge in [-0.1, -0.05) is 59.1 Å². The number of carbonyl (C=O) groups excluding carboxylic acids is 2. The van der Waals surface area contributed by atoms with Crippen molar-refractivity contribution in [3.63, 3.8) is 0 Å². The summed E-state index contributed by atoms with van der Waals surface area (Å²) in [5, 5.41) is 5.97. The summed E-state index contributed by atoms with van der Waals surface area (Å²) in [6.07, 6.45) is 0. The molecular formula is C21H15Cl3N2O3. The van der Waals surface area contributed by atoms with E-state index in [2.05, 4.69) is 10.6 Å².